The second-order valence-corrected chi connectivity index (χ2v) is 22.1. The fraction of sp³-hybridized carbons (Fsp3) is 0.917. The molecule has 0 saturated carbocycles. The van der Waals surface area contributed by atoms with Crippen LogP contribution in [0.3, 0.4) is 0 Å². The van der Waals surface area contributed by atoms with Crippen molar-refractivity contribution in [2.75, 3.05) is 127 Å². The van der Waals surface area contributed by atoms with Gasteiger partial charge in [-0.1, -0.05) is 11.8 Å². The van der Waals surface area contributed by atoms with Crippen LogP contribution in [0.4, 0.5) is 0 Å². The molecular formula is C24H46O8S12. The molecule has 44 heavy (non-hydrogen) atoms. The highest BCUT2D eigenvalue weighted by Crippen LogP contribution is 2.18. The minimum atomic E-state index is -0.818. The van der Waals surface area contributed by atoms with E-state index in [0.29, 0.717) is 40.8 Å². The van der Waals surface area contributed by atoms with Gasteiger partial charge in [0.05, 0.1) is 35.1 Å². The molecule has 0 amide bonds. The van der Waals surface area contributed by atoms with Crippen LogP contribution in [-0.2, 0) is 34.9 Å². The van der Waals surface area contributed by atoms with E-state index in [1.165, 1.54) is 35.3 Å². The Labute approximate surface area is 313 Å². The Balaban J connectivity index is 3.31. The molecular weight excluding hydrogens is 801 g/mol. The van der Waals surface area contributed by atoms with Crippen LogP contribution in [0.15, 0.2) is 0 Å². The average Bonchev–Trinajstić information content (AvgIpc) is 3.02. The molecule has 0 bridgehead atoms. The number of rotatable bonds is 36. The van der Waals surface area contributed by atoms with Gasteiger partial charge >= 0.3 is 5.97 Å². The molecule has 0 spiro atoms. The molecule has 0 aliphatic carbocycles. The van der Waals surface area contributed by atoms with Crippen LogP contribution in [0.2, 0.25) is 0 Å². The van der Waals surface area contributed by atoms with Crippen molar-refractivity contribution in [3.05, 3.63) is 0 Å². The van der Waals surface area contributed by atoms with Crippen molar-refractivity contribution in [1.82, 2.24) is 0 Å². The van der Waals surface area contributed by atoms with E-state index >= 15 is 0 Å². The Morgan fingerprint density at radius 1 is 0.568 bits per heavy atom. The van der Waals surface area contributed by atoms with Crippen LogP contribution in [0.25, 0.3) is 0 Å². The normalized spacial score (nSPS) is 12.0. The highest BCUT2D eigenvalue weighted by molar-refractivity contribution is 8.25. The third kappa shape index (κ3) is 39.4. The first-order valence-corrected chi connectivity index (χ1v) is 27.5. The van der Waals surface area contributed by atoms with E-state index in [0.717, 1.165) is 74.1 Å². The van der Waals surface area contributed by atoms with Crippen LogP contribution in [0.1, 0.15) is 0 Å². The summed E-state index contributed by atoms with van der Waals surface area (Å²) >= 11 is 17.8. The number of aliphatic hydroxyl groups excluding tert-OH is 2. The molecule has 0 aliphatic heterocycles. The zero-order valence-corrected chi connectivity index (χ0v) is 34.6. The van der Waals surface area contributed by atoms with Crippen molar-refractivity contribution in [2.24, 2.45) is 0 Å². The SMILES string of the molecule is O=C(CSCCSCCS(=O)CSCCSCSC(=O)CSCCSCCOOCSCCSCO)OCSCCSCO. The van der Waals surface area contributed by atoms with Crippen LogP contribution < -0.4 is 0 Å². The van der Waals surface area contributed by atoms with Crippen molar-refractivity contribution in [3.63, 3.8) is 0 Å². The standard InChI is InChI=1S/C24H46O8S12/c25-17-37-7-9-39-19-30-23(27)15-35-5-4-34-13-14-44(29)22-42-12-11-41-21-43-24(28)16-36-6-3-33-2-1-31-32-20-40-10-8-38-18-26/h25-26H,1-22H2. The maximum absolute atomic E-state index is 12.2. The summed E-state index contributed by atoms with van der Waals surface area (Å²) in [7, 11) is -0.818. The largest absolute Gasteiger partial charge is 0.454 e. The Morgan fingerprint density at radius 2 is 1.14 bits per heavy atom. The summed E-state index contributed by atoms with van der Waals surface area (Å²) in [5.41, 5.74) is 0. The molecule has 1 atom stereocenters. The van der Waals surface area contributed by atoms with E-state index in [1.807, 2.05) is 0 Å². The summed E-state index contributed by atoms with van der Waals surface area (Å²) in [5.74, 6) is 13.4. The predicted molar refractivity (Wildman–Crippen MR) is 216 cm³/mol. The van der Waals surface area contributed by atoms with E-state index in [2.05, 4.69) is 0 Å². The zero-order valence-electron chi connectivity index (χ0n) is 24.8. The molecule has 1 unspecified atom stereocenters. The van der Waals surface area contributed by atoms with E-state index < -0.39 is 10.8 Å². The van der Waals surface area contributed by atoms with Gasteiger partial charge in [-0.2, -0.15) is 35.3 Å². The lowest BCUT2D eigenvalue weighted by atomic mass is 10.8. The molecule has 8 nitrogen and oxygen atoms in total. The quantitative estimate of drug-likeness (QED) is 0.0270. The minimum absolute atomic E-state index is 0.124. The molecule has 0 radical (unpaired) electrons. The highest BCUT2D eigenvalue weighted by atomic mass is 32.2. The summed E-state index contributed by atoms with van der Waals surface area (Å²) in [4.78, 5) is 33.9. The van der Waals surface area contributed by atoms with Gasteiger partial charge in [0.15, 0.2) is 5.12 Å². The van der Waals surface area contributed by atoms with E-state index in [1.54, 1.807) is 94.1 Å². The number of carbonyl (C=O) groups is 2. The van der Waals surface area contributed by atoms with Gasteiger partial charge in [0.25, 0.3) is 0 Å². The molecule has 0 aromatic heterocycles. The Hall–Kier alpha value is 2.98. The summed E-state index contributed by atoms with van der Waals surface area (Å²) in [6, 6.07) is 0. The van der Waals surface area contributed by atoms with Gasteiger partial charge in [0, 0.05) is 90.7 Å². The number of ether oxygens (including phenoxy) is 1. The monoisotopic (exact) mass is 846 g/mol. The van der Waals surface area contributed by atoms with Gasteiger partial charge in [0.1, 0.15) is 11.9 Å². The summed E-state index contributed by atoms with van der Waals surface area (Å²) in [6.07, 6.45) is 0. The van der Waals surface area contributed by atoms with E-state index in [9.17, 15) is 13.8 Å². The number of hydrogen-bond acceptors (Lipinski definition) is 19. The number of aliphatic hydroxyl groups is 2. The summed E-state index contributed by atoms with van der Waals surface area (Å²) in [5, 5.41) is 19.0. The number of carbonyl (C=O) groups excluding carboxylic acids is 2. The third-order valence-corrected chi connectivity index (χ3v) is 17.7. The smallest absolute Gasteiger partial charge is 0.316 e. The first-order chi connectivity index (χ1) is 21.6. The second kappa shape index (κ2) is 40.4. The molecule has 2 N–H and O–H groups in total. The third-order valence-electron chi connectivity index (χ3n) is 4.28. The van der Waals surface area contributed by atoms with Crippen molar-refractivity contribution in [1.29, 1.82) is 0 Å². The molecule has 0 aliphatic rings. The Morgan fingerprint density at radius 3 is 1.86 bits per heavy atom. The highest BCUT2D eigenvalue weighted by Gasteiger charge is 2.06. The topological polar surface area (TPSA) is 119 Å². The molecule has 0 saturated heterocycles. The summed E-state index contributed by atoms with van der Waals surface area (Å²) < 4.78 is 17.3. The van der Waals surface area contributed by atoms with Crippen LogP contribution in [-0.4, -0.2) is 152 Å². The number of hydrogen-bond donors (Lipinski definition) is 2. The number of esters is 1. The molecule has 0 heterocycles. The predicted octanol–water partition coefficient (Wildman–Crippen LogP) is 5.55. The molecule has 0 aromatic carbocycles. The zero-order chi connectivity index (χ0) is 32.2. The Bertz CT molecular complexity index is 673. The van der Waals surface area contributed by atoms with Crippen LogP contribution in [0.5, 0.6) is 0 Å². The molecule has 0 aromatic rings. The fourth-order valence-electron chi connectivity index (χ4n) is 2.29. The van der Waals surface area contributed by atoms with E-state index in [4.69, 9.17) is 24.7 Å². The van der Waals surface area contributed by atoms with Crippen molar-refractivity contribution in [2.45, 2.75) is 0 Å². The number of thioether (sulfide) groups is 11. The molecule has 20 heteroatoms. The first kappa shape index (κ1) is 47.0. The van der Waals surface area contributed by atoms with Gasteiger partial charge in [0.2, 0.25) is 0 Å². The lowest BCUT2D eigenvalue weighted by molar-refractivity contribution is -0.274. The maximum atomic E-state index is 12.2. The van der Waals surface area contributed by atoms with Gasteiger partial charge in [-0.15, -0.1) is 82.3 Å². The maximum Gasteiger partial charge on any atom is 0.316 e. The van der Waals surface area contributed by atoms with Crippen LogP contribution >= 0.6 is 129 Å². The molecule has 0 fully saturated rings. The summed E-state index contributed by atoms with van der Waals surface area (Å²) in [6.45, 7) is 0.552. The average molecular weight is 847 g/mol. The lowest BCUT2D eigenvalue weighted by Crippen LogP contribution is -2.08. The van der Waals surface area contributed by atoms with Crippen molar-refractivity contribution >= 4 is 151 Å². The van der Waals surface area contributed by atoms with Gasteiger partial charge in [-0.3, -0.25) is 13.8 Å². The van der Waals surface area contributed by atoms with Crippen molar-refractivity contribution in [3.8, 4) is 0 Å². The van der Waals surface area contributed by atoms with Crippen molar-refractivity contribution < 1.29 is 38.5 Å². The van der Waals surface area contributed by atoms with Gasteiger partial charge in [-0.05, 0) is 0 Å². The lowest BCUT2D eigenvalue weighted by Gasteiger charge is -2.05. The minimum Gasteiger partial charge on any atom is -0.454 e. The van der Waals surface area contributed by atoms with Crippen LogP contribution in [0, 0.1) is 0 Å². The van der Waals surface area contributed by atoms with E-state index in [-0.39, 0.29) is 23.0 Å². The van der Waals surface area contributed by atoms with Gasteiger partial charge < -0.3 is 14.9 Å². The Kier molecular flexibility index (Phi) is 43.1. The van der Waals surface area contributed by atoms with Gasteiger partial charge in [-0.25, -0.2) is 9.78 Å². The molecule has 0 rings (SSSR count). The molecule has 262 valence electrons. The second-order valence-electron chi connectivity index (χ2n) is 7.63. The fourth-order valence-corrected chi connectivity index (χ4v) is 14.0. The first-order valence-electron chi connectivity index (χ1n) is 13.5.